The van der Waals surface area contributed by atoms with Crippen LogP contribution in [0.4, 0.5) is 5.95 Å². The number of aromatic nitrogens is 2. The van der Waals surface area contributed by atoms with Gasteiger partial charge < -0.3 is 21.3 Å². The summed E-state index contributed by atoms with van der Waals surface area (Å²) in [4.78, 5) is 35.0. The van der Waals surface area contributed by atoms with Gasteiger partial charge in [-0.05, 0) is 15.9 Å². The monoisotopic (exact) mass is 356 g/mol. The van der Waals surface area contributed by atoms with Gasteiger partial charge in [0.2, 0.25) is 17.8 Å². The maximum Gasteiger partial charge on any atom is 0.240 e. The van der Waals surface area contributed by atoms with Crippen LogP contribution in [0.3, 0.4) is 0 Å². The van der Waals surface area contributed by atoms with Gasteiger partial charge in [0.05, 0.1) is 16.9 Å². The zero-order chi connectivity index (χ0) is 15.4. The van der Waals surface area contributed by atoms with Gasteiger partial charge in [-0.15, -0.1) is 0 Å². The summed E-state index contributed by atoms with van der Waals surface area (Å²) in [7, 11) is 0. The Hall–Kier alpha value is -1.74. The van der Waals surface area contributed by atoms with Gasteiger partial charge in [0.15, 0.2) is 0 Å². The number of carbonyl (C=O) groups is 2. The Morgan fingerprint density at radius 2 is 1.81 bits per heavy atom. The molecule has 2 amide bonds. The van der Waals surface area contributed by atoms with Crippen molar-refractivity contribution in [3.63, 3.8) is 0 Å². The fourth-order valence-electron chi connectivity index (χ4n) is 2.13. The minimum atomic E-state index is -0.863. The molecule has 0 saturated carbocycles. The number of anilines is 1. The third-order valence-electron chi connectivity index (χ3n) is 3.22. The quantitative estimate of drug-likeness (QED) is 0.720. The van der Waals surface area contributed by atoms with Gasteiger partial charge in [-0.1, -0.05) is 0 Å². The highest BCUT2D eigenvalue weighted by Crippen LogP contribution is 2.13. The van der Waals surface area contributed by atoms with Crippen molar-refractivity contribution in [2.45, 2.75) is 12.5 Å². The van der Waals surface area contributed by atoms with E-state index in [2.05, 4.69) is 25.9 Å². The summed E-state index contributed by atoms with van der Waals surface area (Å²) in [5.41, 5.74) is 10.7. The maximum absolute atomic E-state index is 12.1. The van der Waals surface area contributed by atoms with Crippen molar-refractivity contribution in [3.8, 4) is 0 Å². The molecule has 0 aliphatic carbocycles. The molecule has 1 aromatic rings. The van der Waals surface area contributed by atoms with Crippen LogP contribution in [-0.4, -0.2) is 58.9 Å². The standard InChI is InChI=1S/C12H17BrN6O2/c13-8-6-16-12(17-7-8)19-3-1-18(2-4-19)11(21)9(14)5-10(15)20/h6-7,9H,1-5,14H2,(H2,15,20). The van der Waals surface area contributed by atoms with Crippen LogP contribution in [0, 0.1) is 0 Å². The highest BCUT2D eigenvalue weighted by atomic mass is 79.9. The summed E-state index contributed by atoms with van der Waals surface area (Å²) >= 11 is 3.29. The van der Waals surface area contributed by atoms with Crippen LogP contribution in [0.2, 0.25) is 0 Å². The van der Waals surface area contributed by atoms with Crippen molar-refractivity contribution in [1.29, 1.82) is 0 Å². The largest absolute Gasteiger partial charge is 0.370 e. The zero-order valence-electron chi connectivity index (χ0n) is 11.4. The highest BCUT2D eigenvalue weighted by molar-refractivity contribution is 9.10. The lowest BCUT2D eigenvalue weighted by Gasteiger charge is -2.35. The normalized spacial score (nSPS) is 16.7. The van der Waals surface area contributed by atoms with Crippen LogP contribution in [-0.2, 0) is 9.59 Å². The first-order valence-electron chi connectivity index (χ1n) is 6.52. The van der Waals surface area contributed by atoms with Crippen molar-refractivity contribution >= 4 is 33.7 Å². The van der Waals surface area contributed by atoms with Gasteiger partial charge in [-0.3, -0.25) is 9.59 Å². The van der Waals surface area contributed by atoms with E-state index < -0.39 is 11.9 Å². The fraction of sp³-hybridized carbons (Fsp3) is 0.500. The molecule has 1 aromatic heterocycles. The summed E-state index contributed by atoms with van der Waals surface area (Å²) in [6, 6.07) is -0.863. The first kappa shape index (κ1) is 15.6. The Labute approximate surface area is 130 Å². The summed E-state index contributed by atoms with van der Waals surface area (Å²) in [5, 5.41) is 0. The number of nitrogens with two attached hydrogens (primary N) is 2. The summed E-state index contributed by atoms with van der Waals surface area (Å²) in [6.07, 6.45) is 3.24. The molecule has 1 unspecified atom stereocenters. The molecule has 0 aromatic carbocycles. The topological polar surface area (TPSA) is 118 Å². The van der Waals surface area contributed by atoms with Crippen LogP contribution in [0.15, 0.2) is 16.9 Å². The van der Waals surface area contributed by atoms with Crippen molar-refractivity contribution in [2.75, 3.05) is 31.1 Å². The van der Waals surface area contributed by atoms with Crippen LogP contribution >= 0.6 is 15.9 Å². The van der Waals surface area contributed by atoms with Crippen molar-refractivity contribution < 1.29 is 9.59 Å². The molecule has 2 rings (SSSR count). The maximum atomic E-state index is 12.1. The summed E-state index contributed by atoms with van der Waals surface area (Å²) < 4.78 is 0.817. The summed E-state index contributed by atoms with van der Waals surface area (Å²) in [6.45, 7) is 2.28. The first-order valence-corrected chi connectivity index (χ1v) is 7.32. The van der Waals surface area contributed by atoms with E-state index in [0.717, 1.165) is 4.47 Å². The average molecular weight is 357 g/mol. The predicted octanol–water partition coefficient (Wildman–Crippen LogP) is -0.910. The zero-order valence-corrected chi connectivity index (χ0v) is 13.0. The molecule has 1 atom stereocenters. The van der Waals surface area contributed by atoms with Gasteiger partial charge in [0, 0.05) is 38.6 Å². The van der Waals surface area contributed by atoms with Gasteiger partial charge in [-0.2, -0.15) is 0 Å². The lowest BCUT2D eigenvalue weighted by molar-refractivity contribution is -0.134. The van der Waals surface area contributed by atoms with E-state index >= 15 is 0 Å². The number of carbonyl (C=O) groups excluding carboxylic acids is 2. The molecule has 1 fully saturated rings. The molecular formula is C12H17BrN6O2. The van der Waals surface area contributed by atoms with Crippen LogP contribution in [0.1, 0.15) is 6.42 Å². The van der Waals surface area contributed by atoms with Crippen LogP contribution in [0.5, 0.6) is 0 Å². The molecular weight excluding hydrogens is 340 g/mol. The lowest BCUT2D eigenvalue weighted by Crippen LogP contribution is -2.54. The van der Waals surface area contributed by atoms with Gasteiger partial charge in [0.1, 0.15) is 0 Å². The van der Waals surface area contributed by atoms with E-state index in [1.54, 1.807) is 17.3 Å². The van der Waals surface area contributed by atoms with Gasteiger partial charge in [0.25, 0.3) is 0 Å². The Balaban J connectivity index is 1.89. The van der Waals surface area contributed by atoms with Crippen LogP contribution in [0.25, 0.3) is 0 Å². The molecule has 4 N–H and O–H groups in total. The molecule has 0 spiro atoms. The smallest absolute Gasteiger partial charge is 0.240 e. The molecule has 0 bridgehead atoms. The fourth-order valence-corrected chi connectivity index (χ4v) is 2.34. The number of hydrogen-bond donors (Lipinski definition) is 2. The van der Waals surface area contributed by atoms with E-state index in [4.69, 9.17) is 11.5 Å². The Morgan fingerprint density at radius 1 is 1.24 bits per heavy atom. The number of rotatable bonds is 4. The molecule has 9 heteroatoms. The Kier molecular flexibility index (Phi) is 5.07. The average Bonchev–Trinajstić information content (AvgIpc) is 2.47. The highest BCUT2D eigenvalue weighted by Gasteiger charge is 2.26. The van der Waals surface area contributed by atoms with E-state index in [0.29, 0.717) is 32.1 Å². The van der Waals surface area contributed by atoms with Crippen molar-refractivity contribution in [2.24, 2.45) is 11.5 Å². The van der Waals surface area contributed by atoms with Crippen molar-refractivity contribution in [1.82, 2.24) is 14.9 Å². The molecule has 1 saturated heterocycles. The number of hydrogen-bond acceptors (Lipinski definition) is 6. The minimum Gasteiger partial charge on any atom is -0.370 e. The predicted molar refractivity (Wildman–Crippen MR) is 80.3 cm³/mol. The Bertz CT molecular complexity index is 515. The molecule has 8 nitrogen and oxygen atoms in total. The minimum absolute atomic E-state index is 0.130. The molecule has 0 radical (unpaired) electrons. The number of amides is 2. The number of halogens is 1. The van der Waals surface area contributed by atoms with Crippen LogP contribution < -0.4 is 16.4 Å². The lowest BCUT2D eigenvalue weighted by atomic mass is 10.1. The van der Waals surface area contributed by atoms with E-state index in [9.17, 15) is 9.59 Å². The molecule has 114 valence electrons. The molecule has 1 aliphatic rings. The number of nitrogens with zero attached hydrogens (tertiary/aromatic N) is 4. The third-order valence-corrected chi connectivity index (χ3v) is 3.63. The van der Waals surface area contributed by atoms with E-state index in [1.807, 2.05) is 4.90 Å². The summed E-state index contributed by atoms with van der Waals surface area (Å²) in [5.74, 6) is -0.186. The van der Waals surface area contributed by atoms with Gasteiger partial charge in [-0.25, -0.2) is 9.97 Å². The molecule has 21 heavy (non-hydrogen) atoms. The van der Waals surface area contributed by atoms with E-state index in [-0.39, 0.29) is 12.3 Å². The third kappa shape index (κ3) is 4.11. The first-order chi connectivity index (χ1) is 9.97. The van der Waals surface area contributed by atoms with E-state index in [1.165, 1.54) is 0 Å². The van der Waals surface area contributed by atoms with Crippen molar-refractivity contribution in [3.05, 3.63) is 16.9 Å². The molecule has 1 aliphatic heterocycles. The second kappa shape index (κ2) is 6.81. The SMILES string of the molecule is NC(=O)CC(N)C(=O)N1CCN(c2ncc(Br)cn2)CC1. The second-order valence-corrected chi connectivity index (χ2v) is 5.71. The second-order valence-electron chi connectivity index (χ2n) is 4.79. The molecule has 2 heterocycles. The van der Waals surface area contributed by atoms with Gasteiger partial charge >= 0.3 is 0 Å². The Morgan fingerprint density at radius 3 is 2.33 bits per heavy atom. The number of primary amides is 1. The number of piperazine rings is 1.